The maximum atomic E-state index is 5.69. The number of nitrogens with two attached hydrogens (primary N) is 1. The van der Waals surface area contributed by atoms with Gasteiger partial charge in [0.1, 0.15) is 5.82 Å². The van der Waals surface area contributed by atoms with Gasteiger partial charge < -0.3 is 10.7 Å². The molecule has 0 bridgehead atoms. The van der Waals surface area contributed by atoms with E-state index in [0.717, 1.165) is 17.0 Å². The van der Waals surface area contributed by atoms with Gasteiger partial charge in [0, 0.05) is 23.1 Å². The molecule has 0 saturated carbocycles. The van der Waals surface area contributed by atoms with Gasteiger partial charge in [-0.25, -0.2) is 4.98 Å². The Morgan fingerprint density at radius 2 is 1.56 bits per heavy atom. The first-order chi connectivity index (χ1) is 8.83. The molecule has 3 aromatic rings. The molecule has 0 amide bonds. The molecule has 88 valence electrons. The fraction of sp³-hybridized carbons (Fsp3) is 0. The SMILES string of the molecule is Nc1cc(-c2ccc(-c3ccccc3)[nH]2)ccn1. The van der Waals surface area contributed by atoms with E-state index in [-0.39, 0.29) is 0 Å². The van der Waals surface area contributed by atoms with Crippen molar-refractivity contribution in [2.45, 2.75) is 0 Å². The van der Waals surface area contributed by atoms with Gasteiger partial charge in [-0.2, -0.15) is 0 Å². The fourth-order valence-electron chi connectivity index (χ4n) is 1.97. The number of hydrogen-bond donors (Lipinski definition) is 2. The zero-order chi connectivity index (χ0) is 12.4. The van der Waals surface area contributed by atoms with Crippen molar-refractivity contribution in [3.05, 3.63) is 60.8 Å². The van der Waals surface area contributed by atoms with E-state index >= 15 is 0 Å². The lowest BCUT2D eigenvalue weighted by molar-refractivity contribution is 1.32. The topological polar surface area (TPSA) is 54.7 Å². The molecule has 3 N–H and O–H groups in total. The molecule has 2 heterocycles. The first-order valence-electron chi connectivity index (χ1n) is 5.79. The van der Waals surface area contributed by atoms with Crippen molar-refractivity contribution in [1.29, 1.82) is 0 Å². The molecule has 2 aromatic heterocycles. The summed E-state index contributed by atoms with van der Waals surface area (Å²) >= 11 is 0. The second-order valence-electron chi connectivity index (χ2n) is 4.12. The van der Waals surface area contributed by atoms with E-state index < -0.39 is 0 Å². The predicted molar refractivity (Wildman–Crippen MR) is 73.9 cm³/mol. The van der Waals surface area contributed by atoms with E-state index in [0.29, 0.717) is 5.82 Å². The Hall–Kier alpha value is -2.55. The summed E-state index contributed by atoms with van der Waals surface area (Å²) < 4.78 is 0. The lowest BCUT2D eigenvalue weighted by Crippen LogP contribution is -1.89. The highest BCUT2D eigenvalue weighted by molar-refractivity contribution is 5.69. The predicted octanol–water partition coefficient (Wildman–Crippen LogP) is 3.33. The molecule has 3 nitrogen and oxygen atoms in total. The quantitative estimate of drug-likeness (QED) is 0.715. The van der Waals surface area contributed by atoms with Crippen molar-refractivity contribution in [2.75, 3.05) is 5.73 Å². The van der Waals surface area contributed by atoms with Crippen LogP contribution in [0.3, 0.4) is 0 Å². The molecule has 0 atom stereocenters. The van der Waals surface area contributed by atoms with Gasteiger partial charge in [0.15, 0.2) is 0 Å². The average molecular weight is 235 g/mol. The summed E-state index contributed by atoms with van der Waals surface area (Å²) in [5.41, 5.74) is 10.0. The van der Waals surface area contributed by atoms with Gasteiger partial charge in [0.2, 0.25) is 0 Å². The van der Waals surface area contributed by atoms with Gasteiger partial charge in [-0.3, -0.25) is 0 Å². The summed E-state index contributed by atoms with van der Waals surface area (Å²) in [6.45, 7) is 0. The van der Waals surface area contributed by atoms with Crippen molar-refractivity contribution >= 4 is 5.82 Å². The molecule has 0 aliphatic heterocycles. The number of nitrogen functional groups attached to an aromatic ring is 1. The highest BCUT2D eigenvalue weighted by Crippen LogP contribution is 2.24. The standard InChI is InChI=1S/C15H13N3/c16-15-10-12(8-9-17-15)14-7-6-13(18-14)11-4-2-1-3-5-11/h1-10,18H,(H2,16,17). The maximum absolute atomic E-state index is 5.69. The lowest BCUT2D eigenvalue weighted by Gasteiger charge is -2.00. The highest BCUT2D eigenvalue weighted by atomic mass is 14.8. The number of aromatic nitrogens is 2. The Labute approximate surface area is 105 Å². The summed E-state index contributed by atoms with van der Waals surface area (Å²) in [7, 11) is 0. The van der Waals surface area contributed by atoms with Crippen molar-refractivity contribution in [2.24, 2.45) is 0 Å². The summed E-state index contributed by atoms with van der Waals surface area (Å²) in [6, 6.07) is 18.2. The minimum absolute atomic E-state index is 0.531. The molecule has 1 aromatic carbocycles. The van der Waals surface area contributed by atoms with E-state index in [1.54, 1.807) is 6.20 Å². The fourth-order valence-corrected chi connectivity index (χ4v) is 1.97. The normalized spacial score (nSPS) is 10.4. The van der Waals surface area contributed by atoms with Gasteiger partial charge in [0.25, 0.3) is 0 Å². The highest BCUT2D eigenvalue weighted by Gasteiger charge is 2.03. The molecule has 0 radical (unpaired) electrons. The number of anilines is 1. The van der Waals surface area contributed by atoms with E-state index in [1.807, 2.05) is 30.3 Å². The lowest BCUT2D eigenvalue weighted by atomic mass is 10.2. The summed E-state index contributed by atoms with van der Waals surface area (Å²) in [6.07, 6.45) is 1.72. The van der Waals surface area contributed by atoms with Crippen molar-refractivity contribution in [3.8, 4) is 22.5 Å². The number of nitrogens with zero attached hydrogens (tertiary/aromatic N) is 1. The Balaban J connectivity index is 2.00. The van der Waals surface area contributed by atoms with Crippen LogP contribution < -0.4 is 5.73 Å². The molecule has 0 aliphatic carbocycles. The molecule has 0 spiro atoms. The minimum atomic E-state index is 0.531. The third-order valence-corrected chi connectivity index (χ3v) is 2.86. The van der Waals surface area contributed by atoms with E-state index in [1.165, 1.54) is 5.56 Å². The second-order valence-corrected chi connectivity index (χ2v) is 4.12. The van der Waals surface area contributed by atoms with Crippen LogP contribution in [0.2, 0.25) is 0 Å². The second kappa shape index (κ2) is 4.37. The van der Waals surface area contributed by atoms with Crippen molar-refractivity contribution in [3.63, 3.8) is 0 Å². The molecule has 3 heteroatoms. The number of benzene rings is 1. The summed E-state index contributed by atoms with van der Waals surface area (Å²) in [5.74, 6) is 0.531. The smallest absolute Gasteiger partial charge is 0.123 e. The molecule has 18 heavy (non-hydrogen) atoms. The van der Waals surface area contributed by atoms with Crippen LogP contribution in [-0.4, -0.2) is 9.97 Å². The summed E-state index contributed by atoms with van der Waals surface area (Å²) in [5, 5.41) is 0. The van der Waals surface area contributed by atoms with E-state index in [4.69, 9.17) is 5.73 Å². The summed E-state index contributed by atoms with van der Waals surface area (Å²) in [4.78, 5) is 7.38. The van der Waals surface area contributed by atoms with Gasteiger partial charge in [-0.15, -0.1) is 0 Å². The maximum Gasteiger partial charge on any atom is 0.123 e. The molecule has 0 saturated heterocycles. The monoisotopic (exact) mass is 235 g/mol. The van der Waals surface area contributed by atoms with Crippen LogP contribution in [0.1, 0.15) is 0 Å². The Morgan fingerprint density at radius 1 is 0.833 bits per heavy atom. The van der Waals surface area contributed by atoms with Gasteiger partial charge in [-0.1, -0.05) is 30.3 Å². The molecule has 0 aliphatic rings. The molecule has 3 rings (SSSR count). The third-order valence-electron chi connectivity index (χ3n) is 2.86. The number of pyridine rings is 1. The molecular weight excluding hydrogens is 222 g/mol. The zero-order valence-corrected chi connectivity index (χ0v) is 9.80. The number of nitrogens with one attached hydrogen (secondary N) is 1. The van der Waals surface area contributed by atoms with Gasteiger partial charge in [0.05, 0.1) is 0 Å². The van der Waals surface area contributed by atoms with Crippen LogP contribution >= 0.6 is 0 Å². The number of rotatable bonds is 2. The number of hydrogen-bond acceptors (Lipinski definition) is 2. The van der Waals surface area contributed by atoms with Crippen LogP contribution in [-0.2, 0) is 0 Å². The van der Waals surface area contributed by atoms with Crippen LogP contribution in [0.5, 0.6) is 0 Å². The first kappa shape index (κ1) is 10.6. The van der Waals surface area contributed by atoms with Crippen LogP contribution in [0.25, 0.3) is 22.5 Å². The number of H-pyrrole nitrogens is 1. The van der Waals surface area contributed by atoms with E-state index in [9.17, 15) is 0 Å². The zero-order valence-electron chi connectivity index (χ0n) is 9.80. The van der Waals surface area contributed by atoms with Crippen LogP contribution in [0, 0.1) is 0 Å². The van der Waals surface area contributed by atoms with Crippen LogP contribution in [0.4, 0.5) is 5.82 Å². The van der Waals surface area contributed by atoms with Gasteiger partial charge in [-0.05, 0) is 29.8 Å². The van der Waals surface area contributed by atoms with Crippen molar-refractivity contribution in [1.82, 2.24) is 9.97 Å². The van der Waals surface area contributed by atoms with E-state index in [2.05, 4.69) is 34.2 Å². The first-order valence-corrected chi connectivity index (χ1v) is 5.79. The third kappa shape index (κ3) is 1.98. The largest absolute Gasteiger partial charge is 0.384 e. The minimum Gasteiger partial charge on any atom is -0.384 e. The Bertz CT molecular complexity index is 656. The molecule has 0 unspecified atom stereocenters. The average Bonchev–Trinajstić information content (AvgIpc) is 2.89. The Morgan fingerprint density at radius 3 is 2.28 bits per heavy atom. The Kier molecular flexibility index (Phi) is 2.57. The van der Waals surface area contributed by atoms with Crippen LogP contribution in [0.15, 0.2) is 60.8 Å². The molecular formula is C15H13N3. The van der Waals surface area contributed by atoms with Gasteiger partial charge >= 0.3 is 0 Å². The number of aromatic amines is 1. The van der Waals surface area contributed by atoms with Crippen molar-refractivity contribution < 1.29 is 0 Å². The molecule has 0 fully saturated rings.